The van der Waals surface area contributed by atoms with E-state index >= 15 is 0 Å². The average Bonchev–Trinajstić information content (AvgIpc) is 2.91. The highest BCUT2D eigenvalue weighted by Gasteiger charge is 2.32. The maximum atomic E-state index is 11.9. The van der Waals surface area contributed by atoms with E-state index in [0.29, 0.717) is 17.9 Å². The highest BCUT2D eigenvalue weighted by molar-refractivity contribution is 7.99. The molecule has 1 saturated heterocycles. The first-order valence-corrected chi connectivity index (χ1v) is 12.6. The number of aliphatic hydroxyl groups excluding tert-OH is 1. The number of hydrogen-bond acceptors (Lipinski definition) is 7. The second kappa shape index (κ2) is 12.6. The van der Waals surface area contributed by atoms with Gasteiger partial charge in [-0.2, -0.15) is 0 Å². The zero-order chi connectivity index (χ0) is 25.3. The Kier molecular flexibility index (Phi) is 9.07. The van der Waals surface area contributed by atoms with Crippen LogP contribution in [0.25, 0.3) is 0 Å². The molecule has 3 atom stereocenters. The predicted molar refractivity (Wildman–Crippen MR) is 135 cm³/mol. The van der Waals surface area contributed by atoms with Gasteiger partial charge in [0.05, 0.1) is 30.3 Å². The fourth-order valence-electron chi connectivity index (χ4n) is 3.80. The molecule has 8 nitrogen and oxygen atoms in total. The Morgan fingerprint density at radius 1 is 0.972 bits per heavy atom. The van der Waals surface area contributed by atoms with E-state index in [1.165, 1.54) is 0 Å². The van der Waals surface area contributed by atoms with E-state index < -0.39 is 12.3 Å². The molecule has 1 aliphatic heterocycles. The molecule has 0 aliphatic carbocycles. The van der Waals surface area contributed by atoms with Crippen LogP contribution in [-0.2, 0) is 25.7 Å². The normalized spacial score (nSPS) is 19.5. The van der Waals surface area contributed by atoms with Crippen LogP contribution in [0.3, 0.4) is 0 Å². The number of hydrogen-bond donors (Lipinski definition) is 3. The molecular weight excluding hydrogens is 480 g/mol. The zero-order valence-electron chi connectivity index (χ0n) is 19.6. The molecule has 0 bridgehead atoms. The standard InChI is InChI=1S/C27H28N2O6S/c30-16-18-4-6-19(7-5-18)23-15-22(17-36-25-3-1-2-14-28-25)34-27(35-23)20-8-10-21(11-9-20)29-24(31)12-13-26(32)33/h1-11,14,22-23,27,30H,12-13,15-17H2,(H,29,31)(H,32,33)/t22-,23+,27+/m1/s1. The van der Waals surface area contributed by atoms with E-state index in [4.69, 9.17) is 14.6 Å². The topological polar surface area (TPSA) is 118 Å². The molecule has 3 N–H and O–H groups in total. The molecule has 2 aromatic carbocycles. The lowest BCUT2D eigenvalue weighted by atomic mass is 10.0. The molecule has 0 radical (unpaired) electrons. The zero-order valence-corrected chi connectivity index (χ0v) is 20.4. The van der Waals surface area contributed by atoms with E-state index in [1.807, 2.05) is 54.6 Å². The van der Waals surface area contributed by atoms with Crippen molar-refractivity contribution < 1.29 is 29.3 Å². The summed E-state index contributed by atoms with van der Waals surface area (Å²) in [5, 5.41) is 21.7. The van der Waals surface area contributed by atoms with Crippen LogP contribution >= 0.6 is 11.8 Å². The van der Waals surface area contributed by atoms with Crippen LogP contribution in [0.4, 0.5) is 5.69 Å². The van der Waals surface area contributed by atoms with Crippen molar-refractivity contribution in [3.8, 4) is 0 Å². The van der Waals surface area contributed by atoms with Crippen molar-refractivity contribution in [3.63, 3.8) is 0 Å². The van der Waals surface area contributed by atoms with Crippen molar-refractivity contribution in [2.45, 2.75) is 49.4 Å². The monoisotopic (exact) mass is 508 g/mol. The van der Waals surface area contributed by atoms with Gasteiger partial charge in [0.15, 0.2) is 6.29 Å². The van der Waals surface area contributed by atoms with E-state index in [-0.39, 0.29) is 37.6 Å². The van der Waals surface area contributed by atoms with Crippen molar-refractivity contribution in [3.05, 3.63) is 89.6 Å². The Morgan fingerprint density at radius 2 is 1.72 bits per heavy atom. The first-order chi connectivity index (χ1) is 17.5. The van der Waals surface area contributed by atoms with Crippen LogP contribution in [0, 0.1) is 0 Å². The molecule has 0 unspecified atom stereocenters. The Labute approximate surface area is 213 Å². The van der Waals surface area contributed by atoms with Gasteiger partial charge in [0.25, 0.3) is 0 Å². The summed E-state index contributed by atoms with van der Waals surface area (Å²) < 4.78 is 12.7. The van der Waals surface area contributed by atoms with E-state index in [9.17, 15) is 14.7 Å². The lowest BCUT2D eigenvalue weighted by Crippen LogP contribution is -2.31. The Balaban J connectivity index is 1.46. The van der Waals surface area contributed by atoms with Crippen LogP contribution in [0.15, 0.2) is 78.0 Å². The summed E-state index contributed by atoms with van der Waals surface area (Å²) in [6.45, 7) is -0.0138. The second-order valence-electron chi connectivity index (χ2n) is 8.39. The number of pyridine rings is 1. The van der Waals surface area contributed by atoms with Crippen LogP contribution in [0.2, 0.25) is 0 Å². The molecule has 1 aromatic heterocycles. The third-order valence-electron chi connectivity index (χ3n) is 5.70. The molecule has 1 aliphatic rings. The number of thioether (sulfide) groups is 1. The van der Waals surface area contributed by atoms with Crippen LogP contribution in [0.1, 0.15) is 48.3 Å². The van der Waals surface area contributed by atoms with Gasteiger partial charge in [-0.3, -0.25) is 9.59 Å². The van der Waals surface area contributed by atoms with Crippen molar-refractivity contribution in [1.29, 1.82) is 0 Å². The minimum atomic E-state index is -1.01. The highest BCUT2D eigenvalue weighted by Crippen LogP contribution is 2.39. The molecule has 188 valence electrons. The number of aliphatic carboxylic acids is 1. The van der Waals surface area contributed by atoms with Gasteiger partial charge >= 0.3 is 5.97 Å². The number of rotatable bonds is 10. The maximum Gasteiger partial charge on any atom is 0.303 e. The van der Waals surface area contributed by atoms with Crippen LogP contribution < -0.4 is 5.32 Å². The van der Waals surface area contributed by atoms with Gasteiger partial charge in [0, 0.05) is 36.0 Å². The number of carbonyl (C=O) groups excluding carboxylic acids is 1. The third kappa shape index (κ3) is 7.38. The molecule has 1 fully saturated rings. The van der Waals surface area contributed by atoms with Gasteiger partial charge in [-0.05, 0) is 35.4 Å². The number of carboxylic acids is 1. The number of benzene rings is 2. The number of aromatic nitrogens is 1. The van der Waals surface area contributed by atoms with Crippen molar-refractivity contribution in [1.82, 2.24) is 4.98 Å². The largest absolute Gasteiger partial charge is 0.481 e. The van der Waals surface area contributed by atoms with Gasteiger partial charge < -0.3 is 25.0 Å². The predicted octanol–water partition coefficient (Wildman–Crippen LogP) is 4.71. The fourth-order valence-corrected chi connectivity index (χ4v) is 4.68. The molecule has 2 heterocycles. The van der Waals surface area contributed by atoms with Crippen molar-refractivity contribution in [2.24, 2.45) is 0 Å². The van der Waals surface area contributed by atoms with E-state index in [0.717, 1.165) is 21.7 Å². The summed E-state index contributed by atoms with van der Waals surface area (Å²) in [5.74, 6) is -0.656. The summed E-state index contributed by atoms with van der Waals surface area (Å²) in [6.07, 6.45) is 1.25. The van der Waals surface area contributed by atoms with Gasteiger partial charge in [0.1, 0.15) is 0 Å². The number of nitrogens with zero attached hydrogens (tertiary/aromatic N) is 1. The summed E-state index contributed by atoms with van der Waals surface area (Å²) in [5.41, 5.74) is 3.23. The molecule has 0 spiro atoms. The molecule has 3 aromatic rings. The quantitative estimate of drug-likeness (QED) is 0.337. The van der Waals surface area contributed by atoms with Gasteiger partial charge in [-0.25, -0.2) is 4.98 Å². The number of anilines is 1. The number of amides is 1. The van der Waals surface area contributed by atoms with Gasteiger partial charge in [-0.1, -0.05) is 42.5 Å². The summed E-state index contributed by atoms with van der Waals surface area (Å²) in [4.78, 5) is 27.0. The second-order valence-corrected chi connectivity index (χ2v) is 9.43. The third-order valence-corrected chi connectivity index (χ3v) is 6.78. The number of ether oxygens (including phenoxy) is 2. The number of aliphatic hydroxyl groups is 1. The minimum absolute atomic E-state index is 0.0138. The number of carboxylic acid groups (broad SMARTS) is 1. The summed E-state index contributed by atoms with van der Waals surface area (Å²) >= 11 is 1.63. The molecule has 0 saturated carbocycles. The van der Waals surface area contributed by atoms with Crippen molar-refractivity contribution >= 4 is 29.3 Å². The molecule has 36 heavy (non-hydrogen) atoms. The van der Waals surface area contributed by atoms with Crippen LogP contribution in [0.5, 0.6) is 0 Å². The van der Waals surface area contributed by atoms with Crippen molar-refractivity contribution in [2.75, 3.05) is 11.1 Å². The molecular formula is C27H28N2O6S. The van der Waals surface area contributed by atoms with E-state index in [2.05, 4.69) is 10.3 Å². The Hall–Kier alpha value is -3.24. The SMILES string of the molecule is O=C(O)CCC(=O)Nc1ccc([C@H]2O[C@@H](CSc3ccccn3)C[C@@H](c3ccc(CO)cc3)O2)cc1. The number of nitrogens with one attached hydrogen (secondary N) is 1. The Bertz CT molecular complexity index is 1140. The first-order valence-electron chi connectivity index (χ1n) is 11.7. The number of carbonyl (C=O) groups is 2. The average molecular weight is 509 g/mol. The Morgan fingerprint density at radius 3 is 2.39 bits per heavy atom. The molecule has 4 rings (SSSR count). The highest BCUT2D eigenvalue weighted by atomic mass is 32.2. The lowest BCUT2D eigenvalue weighted by Gasteiger charge is -2.36. The van der Waals surface area contributed by atoms with E-state index in [1.54, 1.807) is 30.1 Å². The molecule has 9 heteroatoms. The maximum absolute atomic E-state index is 11.9. The molecule has 1 amide bonds. The van der Waals surface area contributed by atoms with Gasteiger partial charge in [-0.15, -0.1) is 11.8 Å². The summed E-state index contributed by atoms with van der Waals surface area (Å²) in [7, 11) is 0. The minimum Gasteiger partial charge on any atom is -0.481 e. The first kappa shape index (κ1) is 25.8. The van der Waals surface area contributed by atoms with Gasteiger partial charge in [0.2, 0.25) is 5.91 Å². The lowest BCUT2D eigenvalue weighted by molar-refractivity contribution is -0.245. The fraction of sp³-hybridized carbons (Fsp3) is 0.296. The smallest absolute Gasteiger partial charge is 0.303 e. The van der Waals surface area contributed by atoms with Crippen LogP contribution in [-0.4, -0.2) is 38.9 Å². The summed E-state index contributed by atoms with van der Waals surface area (Å²) in [6, 6.07) is 20.7.